The molecule has 30 heavy (non-hydrogen) atoms. The van der Waals surface area contributed by atoms with E-state index < -0.39 is 0 Å². The van der Waals surface area contributed by atoms with Gasteiger partial charge in [0.25, 0.3) is 0 Å². The van der Waals surface area contributed by atoms with Crippen LogP contribution in [-0.4, -0.2) is 14.5 Å². The minimum absolute atomic E-state index is 0.307. The molecule has 0 N–H and O–H groups in total. The highest BCUT2D eigenvalue weighted by atomic mass is 19.1. The molecule has 0 atom stereocenters. The SMILES string of the molecule is Cc1cc2nc(-c3ccc(F)c4c3oc3ccccc34)n(-c3ccccc3)c2cn1. The maximum atomic E-state index is 14.8. The number of aromatic nitrogens is 3. The monoisotopic (exact) mass is 393 g/mol. The van der Waals surface area contributed by atoms with Crippen LogP contribution in [0.1, 0.15) is 5.69 Å². The van der Waals surface area contributed by atoms with Crippen LogP contribution in [0.4, 0.5) is 4.39 Å². The predicted molar refractivity (Wildman–Crippen MR) is 116 cm³/mol. The van der Waals surface area contributed by atoms with E-state index in [2.05, 4.69) is 4.98 Å². The number of furan rings is 1. The van der Waals surface area contributed by atoms with Gasteiger partial charge in [0, 0.05) is 16.8 Å². The van der Waals surface area contributed by atoms with Gasteiger partial charge in [-0.1, -0.05) is 36.4 Å². The van der Waals surface area contributed by atoms with Crippen LogP contribution in [0.25, 0.3) is 50.0 Å². The van der Waals surface area contributed by atoms with Crippen molar-refractivity contribution in [2.24, 2.45) is 0 Å². The van der Waals surface area contributed by atoms with Crippen LogP contribution in [-0.2, 0) is 0 Å². The van der Waals surface area contributed by atoms with Gasteiger partial charge >= 0.3 is 0 Å². The number of fused-ring (bicyclic) bond motifs is 4. The van der Waals surface area contributed by atoms with E-state index in [0.29, 0.717) is 22.4 Å². The van der Waals surface area contributed by atoms with Crippen molar-refractivity contribution in [3.63, 3.8) is 0 Å². The average molecular weight is 393 g/mol. The van der Waals surface area contributed by atoms with Gasteiger partial charge in [-0.25, -0.2) is 9.37 Å². The number of aryl methyl sites for hydroxylation is 1. The molecule has 0 aliphatic heterocycles. The molecule has 0 fully saturated rings. The summed E-state index contributed by atoms with van der Waals surface area (Å²) >= 11 is 0. The van der Waals surface area contributed by atoms with Crippen LogP contribution in [0.15, 0.2) is 83.4 Å². The molecule has 0 aliphatic carbocycles. The van der Waals surface area contributed by atoms with Gasteiger partial charge in [0.15, 0.2) is 0 Å². The lowest BCUT2D eigenvalue weighted by atomic mass is 10.1. The van der Waals surface area contributed by atoms with Gasteiger partial charge in [-0.2, -0.15) is 0 Å². The van der Waals surface area contributed by atoms with Crippen molar-refractivity contribution >= 4 is 33.0 Å². The van der Waals surface area contributed by atoms with Crippen molar-refractivity contribution in [1.29, 1.82) is 0 Å². The molecular weight excluding hydrogens is 377 g/mol. The smallest absolute Gasteiger partial charge is 0.149 e. The second-order valence-corrected chi connectivity index (χ2v) is 7.32. The number of hydrogen-bond acceptors (Lipinski definition) is 3. The molecule has 3 aromatic carbocycles. The summed E-state index contributed by atoms with van der Waals surface area (Å²) in [6.07, 6.45) is 1.83. The van der Waals surface area contributed by atoms with Gasteiger partial charge in [-0.3, -0.25) is 9.55 Å². The molecule has 0 radical (unpaired) electrons. The molecule has 6 aromatic rings. The highest BCUT2D eigenvalue weighted by molar-refractivity contribution is 6.09. The molecule has 0 amide bonds. The van der Waals surface area contributed by atoms with Crippen molar-refractivity contribution in [2.45, 2.75) is 6.92 Å². The summed E-state index contributed by atoms with van der Waals surface area (Å²) in [7, 11) is 0. The van der Waals surface area contributed by atoms with E-state index in [9.17, 15) is 4.39 Å². The summed E-state index contributed by atoms with van der Waals surface area (Å²) in [5.74, 6) is 0.381. The van der Waals surface area contributed by atoms with Gasteiger partial charge in [0.05, 0.1) is 28.2 Å². The van der Waals surface area contributed by atoms with Crippen molar-refractivity contribution < 1.29 is 8.81 Å². The molecule has 5 heteroatoms. The maximum absolute atomic E-state index is 14.8. The lowest BCUT2D eigenvalue weighted by Gasteiger charge is -2.10. The van der Waals surface area contributed by atoms with Crippen molar-refractivity contribution in [1.82, 2.24) is 14.5 Å². The molecule has 0 saturated heterocycles. The van der Waals surface area contributed by atoms with Crippen molar-refractivity contribution in [2.75, 3.05) is 0 Å². The van der Waals surface area contributed by atoms with E-state index >= 15 is 0 Å². The van der Waals surface area contributed by atoms with Crippen LogP contribution < -0.4 is 0 Å². The molecule has 0 saturated carbocycles. The summed E-state index contributed by atoms with van der Waals surface area (Å²) in [6, 6.07) is 22.6. The van der Waals surface area contributed by atoms with Gasteiger partial charge in [-0.15, -0.1) is 0 Å². The quantitative estimate of drug-likeness (QED) is 0.340. The summed E-state index contributed by atoms with van der Waals surface area (Å²) in [4.78, 5) is 9.38. The molecule has 4 nitrogen and oxygen atoms in total. The summed E-state index contributed by atoms with van der Waals surface area (Å²) in [5, 5.41) is 1.23. The zero-order valence-corrected chi connectivity index (χ0v) is 16.1. The number of imidazole rings is 1. The highest BCUT2D eigenvalue weighted by Gasteiger charge is 2.21. The number of para-hydroxylation sites is 2. The zero-order chi connectivity index (χ0) is 20.2. The fraction of sp³-hybridized carbons (Fsp3) is 0.0400. The van der Waals surface area contributed by atoms with Crippen LogP contribution in [0, 0.1) is 12.7 Å². The number of pyridine rings is 1. The number of hydrogen-bond donors (Lipinski definition) is 0. The first kappa shape index (κ1) is 16.9. The Morgan fingerprint density at radius 2 is 1.73 bits per heavy atom. The zero-order valence-electron chi connectivity index (χ0n) is 16.1. The van der Waals surface area contributed by atoms with Crippen molar-refractivity contribution in [3.05, 3.63) is 90.5 Å². The Kier molecular flexibility index (Phi) is 3.53. The summed E-state index contributed by atoms with van der Waals surface area (Å²) < 4.78 is 23.0. The fourth-order valence-electron chi connectivity index (χ4n) is 4.06. The Balaban J connectivity index is 1.76. The molecule has 144 valence electrons. The Labute approximate surface area is 171 Å². The molecule has 0 aliphatic rings. The largest absolute Gasteiger partial charge is 0.455 e. The van der Waals surface area contributed by atoms with E-state index in [1.54, 1.807) is 6.07 Å². The third-order valence-electron chi connectivity index (χ3n) is 5.41. The topological polar surface area (TPSA) is 43.9 Å². The molecule has 0 bridgehead atoms. The summed E-state index contributed by atoms with van der Waals surface area (Å²) in [6.45, 7) is 1.94. The second kappa shape index (κ2) is 6.26. The van der Waals surface area contributed by atoms with Gasteiger partial charge in [0.2, 0.25) is 0 Å². The van der Waals surface area contributed by atoms with Gasteiger partial charge in [0.1, 0.15) is 22.8 Å². The first-order valence-electron chi connectivity index (χ1n) is 9.71. The minimum atomic E-state index is -0.307. The average Bonchev–Trinajstić information content (AvgIpc) is 3.33. The molecule has 0 spiro atoms. The van der Waals surface area contributed by atoms with Crippen LogP contribution >= 0.6 is 0 Å². The lowest BCUT2D eigenvalue weighted by Crippen LogP contribution is -1.98. The fourth-order valence-corrected chi connectivity index (χ4v) is 4.06. The van der Waals surface area contributed by atoms with Gasteiger partial charge in [-0.05, 0) is 43.3 Å². The van der Waals surface area contributed by atoms with Crippen molar-refractivity contribution in [3.8, 4) is 17.1 Å². The minimum Gasteiger partial charge on any atom is -0.455 e. The molecule has 6 rings (SSSR count). The molecule has 0 unspecified atom stereocenters. The standard InChI is InChI=1S/C25H16FN3O/c1-15-13-20-21(14-27-15)29(16-7-3-2-4-8-16)25(28-20)18-11-12-19(26)23-17-9-5-6-10-22(17)30-24(18)23/h2-14H,1H3. The van der Waals surface area contributed by atoms with Crippen LogP contribution in [0.2, 0.25) is 0 Å². The third-order valence-corrected chi connectivity index (χ3v) is 5.41. The molecule has 3 aromatic heterocycles. The van der Waals surface area contributed by atoms with Crippen LogP contribution in [0.5, 0.6) is 0 Å². The normalized spacial score (nSPS) is 11.7. The highest BCUT2D eigenvalue weighted by Crippen LogP contribution is 2.38. The molecule has 3 heterocycles. The summed E-state index contributed by atoms with van der Waals surface area (Å²) in [5.41, 5.74) is 5.44. The Morgan fingerprint density at radius 3 is 2.60 bits per heavy atom. The van der Waals surface area contributed by atoms with E-state index in [1.165, 1.54) is 6.07 Å². The second-order valence-electron chi connectivity index (χ2n) is 7.32. The number of rotatable bonds is 2. The maximum Gasteiger partial charge on any atom is 0.149 e. The predicted octanol–water partition coefficient (Wildman–Crippen LogP) is 6.43. The van der Waals surface area contributed by atoms with E-state index in [-0.39, 0.29) is 5.82 Å². The first-order chi connectivity index (χ1) is 14.7. The first-order valence-corrected chi connectivity index (χ1v) is 9.71. The number of benzene rings is 3. The Bertz CT molecular complexity index is 1560. The Hall–Kier alpha value is -3.99. The number of nitrogens with zero attached hydrogens (tertiary/aromatic N) is 3. The Morgan fingerprint density at radius 1 is 0.933 bits per heavy atom. The van der Waals surface area contributed by atoms with Gasteiger partial charge < -0.3 is 4.42 Å². The van der Waals surface area contributed by atoms with E-state index in [4.69, 9.17) is 9.40 Å². The molecular formula is C25H16FN3O. The van der Waals surface area contributed by atoms with E-state index in [0.717, 1.165) is 33.4 Å². The lowest BCUT2D eigenvalue weighted by molar-refractivity contribution is 0.634. The third kappa shape index (κ3) is 2.38. The van der Waals surface area contributed by atoms with Crippen LogP contribution in [0.3, 0.4) is 0 Å². The number of halogens is 1. The van der Waals surface area contributed by atoms with E-state index in [1.807, 2.05) is 78.4 Å².